The lowest BCUT2D eigenvalue weighted by Gasteiger charge is -2.06. The van der Waals surface area contributed by atoms with Gasteiger partial charge in [-0.05, 0) is 40.2 Å². The Labute approximate surface area is 152 Å². The molecule has 122 valence electrons. The zero-order valence-electron chi connectivity index (χ0n) is 12.4. The highest BCUT2D eigenvalue weighted by Gasteiger charge is 2.07. The van der Waals surface area contributed by atoms with Gasteiger partial charge in [0.25, 0.3) is 5.91 Å². The van der Waals surface area contributed by atoms with E-state index in [-0.39, 0.29) is 18.4 Å². The normalized spacial score (nSPS) is 10.3. The first-order chi connectivity index (χ1) is 11.1. The smallest absolute Gasteiger partial charge is 0.251 e. The van der Waals surface area contributed by atoms with Gasteiger partial charge in [0.2, 0.25) is 5.91 Å². The van der Waals surface area contributed by atoms with Gasteiger partial charge in [-0.2, -0.15) is 11.8 Å². The second-order valence-electron chi connectivity index (χ2n) is 4.66. The van der Waals surface area contributed by atoms with E-state index in [9.17, 15) is 9.59 Å². The van der Waals surface area contributed by atoms with Gasteiger partial charge in [0.1, 0.15) is 0 Å². The molecule has 0 aliphatic heterocycles. The maximum absolute atomic E-state index is 11.8. The fraction of sp³-hybridized carbons (Fsp3) is 0.250. The van der Waals surface area contributed by atoms with Gasteiger partial charge in [-0.1, -0.05) is 18.2 Å². The van der Waals surface area contributed by atoms with E-state index in [1.54, 1.807) is 47.4 Å². The van der Waals surface area contributed by atoms with E-state index in [4.69, 9.17) is 0 Å². The fourth-order valence-electron chi connectivity index (χ4n) is 1.78. The average molecular weight is 413 g/mol. The minimum atomic E-state index is -0.238. The molecule has 7 heteroatoms. The van der Waals surface area contributed by atoms with Crippen molar-refractivity contribution in [1.82, 2.24) is 10.6 Å². The molecule has 2 amide bonds. The van der Waals surface area contributed by atoms with Crippen LogP contribution in [0, 0.1) is 0 Å². The molecule has 0 unspecified atom stereocenters. The molecule has 0 atom stereocenters. The topological polar surface area (TPSA) is 58.2 Å². The van der Waals surface area contributed by atoms with Crippen LogP contribution in [0.3, 0.4) is 0 Å². The lowest BCUT2D eigenvalue weighted by molar-refractivity contribution is -0.120. The summed E-state index contributed by atoms with van der Waals surface area (Å²) in [5.41, 5.74) is 0.554. The SMILES string of the molecule is O=C(CNC(=O)c1ccccc1)NCCSCc1ccc(Br)s1. The van der Waals surface area contributed by atoms with Crippen molar-refractivity contribution in [3.05, 3.63) is 56.7 Å². The second kappa shape index (κ2) is 9.75. The molecule has 0 radical (unpaired) electrons. The molecule has 0 aliphatic carbocycles. The summed E-state index contributed by atoms with van der Waals surface area (Å²) in [6.07, 6.45) is 0. The first kappa shape index (κ1) is 18.0. The number of hydrogen-bond acceptors (Lipinski definition) is 4. The Kier molecular flexibility index (Phi) is 7.64. The Hall–Kier alpha value is -1.31. The summed E-state index contributed by atoms with van der Waals surface area (Å²) in [6, 6.07) is 13.0. The number of carbonyl (C=O) groups excluding carboxylic acids is 2. The van der Waals surface area contributed by atoms with Crippen molar-refractivity contribution < 1.29 is 9.59 Å². The largest absolute Gasteiger partial charge is 0.354 e. The van der Waals surface area contributed by atoms with E-state index in [0.717, 1.165) is 15.3 Å². The molecule has 4 nitrogen and oxygen atoms in total. The van der Waals surface area contributed by atoms with E-state index in [1.807, 2.05) is 12.1 Å². The Morgan fingerprint density at radius 2 is 1.87 bits per heavy atom. The number of thioether (sulfide) groups is 1. The predicted octanol–water partition coefficient (Wildman–Crippen LogP) is 3.29. The molecule has 0 bridgehead atoms. The van der Waals surface area contributed by atoms with Crippen LogP contribution >= 0.6 is 39.0 Å². The summed E-state index contributed by atoms with van der Waals surface area (Å²) < 4.78 is 1.13. The lowest BCUT2D eigenvalue weighted by Crippen LogP contribution is -2.37. The maximum Gasteiger partial charge on any atom is 0.251 e. The molecule has 0 saturated carbocycles. The first-order valence-electron chi connectivity index (χ1n) is 7.07. The van der Waals surface area contributed by atoms with E-state index in [2.05, 4.69) is 32.6 Å². The minimum absolute atomic E-state index is 0.00370. The number of amides is 2. The molecule has 1 aromatic carbocycles. The zero-order chi connectivity index (χ0) is 16.5. The molecule has 23 heavy (non-hydrogen) atoms. The van der Waals surface area contributed by atoms with Crippen LogP contribution in [0.5, 0.6) is 0 Å². The highest BCUT2D eigenvalue weighted by atomic mass is 79.9. The summed E-state index contributed by atoms with van der Waals surface area (Å²) in [5, 5.41) is 5.41. The number of carbonyl (C=O) groups is 2. The second-order valence-corrected chi connectivity index (χ2v) is 8.31. The minimum Gasteiger partial charge on any atom is -0.354 e. The zero-order valence-corrected chi connectivity index (χ0v) is 15.6. The number of thiophene rings is 1. The van der Waals surface area contributed by atoms with Crippen molar-refractivity contribution >= 4 is 50.8 Å². The van der Waals surface area contributed by atoms with E-state index in [0.29, 0.717) is 12.1 Å². The lowest BCUT2D eigenvalue weighted by atomic mass is 10.2. The van der Waals surface area contributed by atoms with Gasteiger partial charge in [-0.25, -0.2) is 0 Å². The molecule has 2 rings (SSSR count). The third kappa shape index (κ3) is 6.76. The molecule has 0 saturated heterocycles. The maximum atomic E-state index is 11.8. The Morgan fingerprint density at radius 3 is 2.57 bits per heavy atom. The van der Waals surface area contributed by atoms with Crippen LogP contribution in [0.25, 0.3) is 0 Å². The standard InChI is InChI=1S/C16H17BrN2O2S2/c17-14-7-6-13(23-14)11-22-9-8-18-15(20)10-19-16(21)12-4-2-1-3-5-12/h1-7H,8-11H2,(H,18,20)(H,19,21). The quantitative estimate of drug-likeness (QED) is 0.653. The van der Waals surface area contributed by atoms with E-state index >= 15 is 0 Å². The van der Waals surface area contributed by atoms with Crippen molar-refractivity contribution in [2.45, 2.75) is 5.75 Å². The molecule has 1 heterocycles. The monoisotopic (exact) mass is 412 g/mol. The summed E-state index contributed by atoms with van der Waals surface area (Å²) in [5.74, 6) is 1.37. The Bertz CT molecular complexity index is 647. The third-order valence-electron chi connectivity index (χ3n) is 2.89. The van der Waals surface area contributed by atoms with Crippen LogP contribution in [-0.4, -0.2) is 30.7 Å². The van der Waals surface area contributed by atoms with Crippen LogP contribution < -0.4 is 10.6 Å². The van der Waals surface area contributed by atoms with Gasteiger partial charge in [-0.3, -0.25) is 9.59 Å². The Balaban J connectivity index is 1.56. The van der Waals surface area contributed by atoms with Crippen LogP contribution in [0.4, 0.5) is 0 Å². The molecule has 2 aromatic rings. The summed E-state index contributed by atoms with van der Waals surface area (Å²) >= 11 is 6.93. The van der Waals surface area contributed by atoms with E-state index in [1.165, 1.54) is 4.88 Å². The number of hydrogen-bond donors (Lipinski definition) is 2. The van der Waals surface area contributed by atoms with Crippen molar-refractivity contribution in [2.75, 3.05) is 18.8 Å². The van der Waals surface area contributed by atoms with Gasteiger partial charge in [0.05, 0.1) is 10.3 Å². The third-order valence-corrected chi connectivity index (χ3v) is 5.70. The average Bonchev–Trinajstić information content (AvgIpc) is 2.98. The molecule has 2 N–H and O–H groups in total. The molecular formula is C16H17BrN2O2S2. The summed E-state index contributed by atoms with van der Waals surface area (Å²) in [7, 11) is 0. The van der Waals surface area contributed by atoms with Gasteiger partial charge in [0.15, 0.2) is 0 Å². The number of rotatable bonds is 8. The molecule has 0 fully saturated rings. The summed E-state index contributed by atoms with van der Waals surface area (Å²) in [4.78, 5) is 24.8. The number of benzene rings is 1. The van der Waals surface area contributed by atoms with Crippen molar-refractivity contribution in [3.8, 4) is 0 Å². The Morgan fingerprint density at radius 1 is 1.09 bits per heavy atom. The van der Waals surface area contributed by atoms with Crippen molar-refractivity contribution in [2.24, 2.45) is 0 Å². The predicted molar refractivity (Wildman–Crippen MR) is 100.0 cm³/mol. The molecule has 0 spiro atoms. The van der Waals surface area contributed by atoms with Gasteiger partial charge in [-0.15, -0.1) is 11.3 Å². The van der Waals surface area contributed by atoms with Gasteiger partial charge >= 0.3 is 0 Å². The molecular weight excluding hydrogens is 396 g/mol. The van der Waals surface area contributed by atoms with Gasteiger partial charge in [0, 0.05) is 28.5 Å². The van der Waals surface area contributed by atoms with Crippen LogP contribution in [0.2, 0.25) is 0 Å². The van der Waals surface area contributed by atoms with Crippen LogP contribution in [0.15, 0.2) is 46.3 Å². The number of halogens is 1. The highest BCUT2D eigenvalue weighted by Crippen LogP contribution is 2.25. The van der Waals surface area contributed by atoms with Gasteiger partial charge < -0.3 is 10.6 Å². The molecule has 0 aliphatic rings. The van der Waals surface area contributed by atoms with Crippen LogP contribution in [0.1, 0.15) is 15.2 Å². The van der Waals surface area contributed by atoms with Crippen molar-refractivity contribution in [1.29, 1.82) is 0 Å². The molecule has 1 aromatic heterocycles. The number of nitrogens with one attached hydrogen (secondary N) is 2. The van der Waals surface area contributed by atoms with E-state index < -0.39 is 0 Å². The highest BCUT2D eigenvalue weighted by molar-refractivity contribution is 9.11. The van der Waals surface area contributed by atoms with Crippen molar-refractivity contribution in [3.63, 3.8) is 0 Å². The first-order valence-corrected chi connectivity index (χ1v) is 9.83. The fourth-order valence-corrected chi connectivity index (χ4v) is 4.23. The van der Waals surface area contributed by atoms with Crippen LogP contribution in [-0.2, 0) is 10.5 Å². The summed E-state index contributed by atoms with van der Waals surface area (Å²) in [6.45, 7) is 0.591.